The summed E-state index contributed by atoms with van der Waals surface area (Å²) in [5.41, 5.74) is 1.36. The summed E-state index contributed by atoms with van der Waals surface area (Å²) in [6.45, 7) is 3.22. The first-order valence-electron chi connectivity index (χ1n) is 7.35. The van der Waals surface area contributed by atoms with Crippen LogP contribution in [0.5, 0.6) is 5.75 Å². The van der Waals surface area contributed by atoms with Crippen LogP contribution in [0.2, 0.25) is 0 Å². The van der Waals surface area contributed by atoms with Crippen molar-refractivity contribution >= 4 is 17.6 Å². The number of carboxylic acids is 1. The van der Waals surface area contributed by atoms with Crippen molar-refractivity contribution < 1.29 is 23.8 Å². The summed E-state index contributed by atoms with van der Waals surface area (Å²) < 4.78 is 20.4. The van der Waals surface area contributed by atoms with Crippen LogP contribution in [-0.4, -0.2) is 32.9 Å². The Morgan fingerprint density at radius 1 is 1.42 bits per heavy atom. The zero-order valence-corrected chi connectivity index (χ0v) is 13.5. The van der Waals surface area contributed by atoms with E-state index in [0.29, 0.717) is 12.1 Å². The molecule has 2 rings (SSSR count). The molecule has 1 atom stereocenters. The minimum Gasteiger partial charge on any atom is -0.479 e. The van der Waals surface area contributed by atoms with Crippen molar-refractivity contribution in [2.45, 2.75) is 26.4 Å². The molecule has 0 radical (unpaired) electrons. The molecule has 2 N–H and O–H groups in total. The zero-order chi connectivity index (χ0) is 17.9. The second kappa shape index (κ2) is 7.12. The number of carboxylic acid groups (broad SMARTS) is 1. The first-order valence-corrected chi connectivity index (χ1v) is 7.35. The fourth-order valence-electron chi connectivity index (χ4n) is 2.02. The van der Waals surface area contributed by atoms with E-state index in [1.165, 1.54) is 23.7 Å². The number of hydrogen-bond donors (Lipinski definition) is 2. The molecule has 24 heavy (non-hydrogen) atoms. The van der Waals surface area contributed by atoms with Gasteiger partial charge >= 0.3 is 5.97 Å². The molecule has 1 unspecified atom stereocenters. The Bertz CT molecular complexity index is 773. The van der Waals surface area contributed by atoms with Gasteiger partial charge in [0.2, 0.25) is 0 Å². The number of nitrogens with zero attached hydrogens (tertiary/aromatic N) is 2. The molecule has 0 aliphatic carbocycles. The third-order valence-electron chi connectivity index (χ3n) is 3.37. The molecular weight excluding hydrogens is 317 g/mol. The van der Waals surface area contributed by atoms with Gasteiger partial charge in [-0.2, -0.15) is 5.10 Å². The first-order chi connectivity index (χ1) is 11.3. The Kier molecular flexibility index (Phi) is 5.18. The van der Waals surface area contributed by atoms with Gasteiger partial charge in [0.15, 0.2) is 17.7 Å². The van der Waals surface area contributed by atoms with E-state index in [9.17, 15) is 14.0 Å². The highest BCUT2D eigenvalue weighted by Gasteiger charge is 2.17. The number of aryl methyl sites for hydroxylation is 2. The summed E-state index contributed by atoms with van der Waals surface area (Å²) in [7, 11) is 1.65. The van der Waals surface area contributed by atoms with Crippen LogP contribution in [0.1, 0.15) is 30.0 Å². The number of amides is 1. The predicted molar refractivity (Wildman–Crippen MR) is 84.7 cm³/mol. The number of nitrogens with one attached hydrogen (secondary N) is 1. The van der Waals surface area contributed by atoms with Crippen LogP contribution < -0.4 is 10.1 Å². The highest BCUT2D eigenvalue weighted by atomic mass is 19.1. The largest absolute Gasteiger partial charge is 0.479 e. The Morgan fingerprint density at radius 2 is 2.12 bits per heavy atom. The van der Waals surface area contributed by atoms with Gasteiger partial charge in [0, 0.05) is 18.8 Å². The number of rotatable bonds is 6. The van der Waals surface area contributed by atoms with E-state index in [1.54, 1.807) is 13.1 Å². The number of aliphatic carboxylic acids is 1. The van der Waals surface area contributed by atoms with Crippen LogP contribution in [0, 0.1) is 5.82 Å². The van der Waals surface area contributed by atoms with E-state index in [2.05, 4.69) is 10.4 Å². The van der Waals surface area contributed by atoms with Crippen molar-refractivity contribution in [1.29, 1.82) is 0 Å². The second-order valence-electron chi connectivity index (χ2n) is 5.20. The minimum atomic E-state index is -1.20. The van der Waals surface area contributed by atoms with E-state index in [-0.39, 0.29) is 11.4 Å². The van der Waals surface area contributed by atoms with Crippen LogP contribution in [-0.2, 0) is 18.3 Å². The topological polar surface area (TPSA) is 93.5 Å². The number of carbonyl (C=O) groups excluding carboxylic acids is 1. The van der Waals surface area contributed by atoms with Crippen molar-refractivity contribution in [3.8, 4) is 5.75 Å². The molecule has 0 saturated carbocycles. The molecule has 0 aliphatic heterocycles. The highest BCUT2D eigenvalue weighted by molar-refractivity contribution is 6.03. The Balaban J connectivity index is 2.12. The first kappa shape index (κ1) is 17.5. The average molecular weight is 335 g/mol. The van der Waals surface area contributed by atoms with E-state index >= 15 is 0 Å². The molecule has 2 aromatic rings. The van der Waals surface area contributed by atoms with Gasteiger partial charge in [0.1, 0.15) is 5.69 Å². The summed E-state index contributed by atoms with van der Waals surface area (Å²) in [6, 6.07) is 5.43. The standard InChI is InChI=1S/C16H18FN3O4/c1-4-10-8-13(20(3)19-10)15(21)18-11-5-6-14(12(17)7-11)24-9(2)16(22)23/h5-9H,4H2,1-3H3,(H,18,21)(H,22,23). The maximum Gasteiger partial charge on any atom is 0.344 e. The number of hydrogen-bond acceptors (Lipinski definition) is 4. The molecular formula is C16H18FN3O4. The van der Waals surface area contributed by atoms with E-state index < -0.39 is 23.8 Å². The Morgan fingerprint density at radius 3 is 2.67 bits per heavy atom. The quantitative estimate of drug-likeness (QED) is 0.844. The van der Waals surface area contributed by atoms with E-state index in [1.807, 2.05) is 6.92 Å². The molecule has 0 fully saturated rings. The summed E-state index contributed by atoms with van der Waals surface area (Å²) in [5, 5.41) is 15.5. The molecule has 1 heterocycles. The van der Waals surface area contributed by atoms with Crippen LogP contribution in [0.4, 0.5) is 10.1 Å². The Hall–Kier alpha value is -2.90. The number of halogens is 1. The van der Waals surface area contributed by atoms with Crippen LogP contribution in [0.15, 0.2) is 24.3 Å². The minimum absolute atomic E-state index is 0.197. The van der Waals surface area contributed by atoms with Gasteiger partial charge in [-0.15, -0.1) is 0 Å². The normalized spacial score (nSPS) is 11.8. The molecule has 8 heteroatoms. The third-order valence-corrected chi connectivity index (χ3v) is 3.37. The third kappa shape index (κ3) is 3.89. The van der Waals surface area contributed by atoms with Gasteiger partial charge in [0.05, 0.1) is 5.69 Å². The molecule has 0 aliphatic rings. The average Bonchev–Trinajstić information content (AvgIpc) is 2.91. The maximum absolute atomic E-state index is 14.0. The summed E-state index contributed by atoms with van der Waals surface area (Å²) in [5.74, 6) is -2.58. The number of anilines is 1. The van der Waals surface area contributed by atoms with Gasteiger partial charge in [-0.1, -0.05) is 6.92 Å². The molecule has 0 spiro atoms. The molecule has 1 aromatic carbocycles. The van der Waals surface area contributed by atoms with Gasteiger partial charge in [0.25, 0.3) is 5.91 Å². The van der Waals surface area contributed by atoms with Crippen LogP contribution >= 0.6 is 0 Å². The predicted octanol–water partition coefficient (Wildman–Crippen LogP) is 2.23. The molecule has 1 aromatic heterocycles. The smallest absolute Gasteiger partial charge is 0.344 e. The monoisotopic (exact) mass is 335 g/mol. The molecule has 1 amide bonds. The maximum atomic E-state index is 14.0. The van der Waals surface area contributed by atoms with Gasteiger partial charge in [-0.05, 0) is 31.5 Å². The summed E-state index contributed by atoms with van der Waals surface area (Å²) in [6.07, 6.45) is -0.481. The highest BCUT2D eigenvalue weighted by Crippen LogP contribution is 2.22. The molecule has 128 valence electrons. The van der Waals surface area contributed by atoms with Gasteiger partial charge < -0.3 is 15.2 Å². The SMILES string of the molecule is CCc1cc(C(=O)Nc2ccc(OC(C)C(=O)O)c(F)c2)n(C)n1. The molecule has 0 bridgehead atoms. The molecule has 7 nitrogen and oxygen atoms in total. The van der Waals surface area contributed by atoms with Crippen molar-refractivity contribution in [3.05, 3.63) is 41.5 Å². The Labute approximate surface area is 138 Å². The summed E-state index contributed by atoms with van der Waals surface area (Å²) in [4.78, 5) is 23.0. The number of carbonyl (C=O) groups is 2. The van der Waals surface area contributed by atoms with Crippen molar-refractivity contribution in [2.24, 2.45) is 7.05 Å². The van der Waals surface area contributed by atoms with Crippen molar-refractivity contribution in [3.63, 3.8) is 0 Å². The summed E-state index contributed by atoms with van der Waals surface area (Å²) >= 11 is 0. The van der Waals surface area contributed by atoms with E-state index in [0.717, 1.165) is 11.8 Å². The number of aromatic nitrogens is 2. The van der Waals surface area contributed by atoms with Gasteiger partial charge in [-0.25, -0.2) is 9.18 Å². The van der Waals surface area contributed by atoms with E-state index in [4.69, 9.17) is 9.84 Å². The van der Waals surface area contributed by atoms with Crippen LogP contribution in [0.3, 0.4) is 0 Å². The zero-order valence-electron chi connectivity index (χ0n) is 13.5. The second-order valence-corrected chi connectivity index (χ2v) is 5.20. The fourth-order valence-corrected chi connectivity index (χ4v) is 2.02. The van der Waals surface area contributed by atoms with Crippen LogP contribution in [0.25, 0.3) is 0 Å². The lowest BCUT2D eigenvalue weighted by molar-refractivity contribution is -0.144. The van der Waals surface area contributed by atoms with Crippen molar-refractivity contribution in [2.75, 3.05) is 5.32 Å². The number of ether oxygens (including phenoxy) is 1. The lowest BCUT2D eigenvalue weighted by atomic mass is 10.2. The lowest BCUT2D eigenvalue weighted by Gasteiger charge is -2.12. The van der Waals surface area contributed by atoms with Gasteiger partial charge in [-0.3, -0.25) is 9.48 Å². The lowest BCUT2D eigenvalue weighted by Crippen LogP contribution is -2.23. The fraction of sp³-hybridized carbons (Fsp3) is 0.312. The van der Waals surface area contributed by atoms with Crippen molar-refractivity contribution in [1.82, 2.24) is 9.78 Å². The number of benzene rings is 1. The molecule has 0 saturated heterocycles.